The molecule has 2 N–H and O–H groups in total. The summed E-state index contributed by atoms with van der Waals surface area (Å²) in [4.78, 5) is 0. The standard InChI is InChI=1S/C24H36NO4P/c1-23(2,3)17-11-15(28-9)13-19(21(17)26)30(25(7)8)20-14-16(29-10)12-18(22(20)27)24(4,5)6/h11-14,26-27H,1-10H3. The van der Waals surface area contributed by atoms with Crippen molar-refractivity contribution in [3.05, 3.63) is 35.4 Å². The average molecular weight is 434 g/mol. The maximum absolute atomic E-state index is 11.3. The fourth-order valence-corrected chi connectivity index (χ4v) is 5.71. The van der Waals surface area contributed by atoms with Crippen molar-refractivity contribution in [2.45, 2.75) is 52.4 Å². The molecule has 0 spiro atoms. The summed E-state index contributed by atoms with van der Waals surface area (Å²) in [6, 6.07) is 7.50. The van der Waals surface area contributed by atoms with E-state index in [0.29, 0.717) is 11.5 Å². The summed E-state index contributed by atoms with van der Waals surface area (Å²) < 4.78 is 13.2. The highest BCUT2D eigenvalue weighted by Crippen LogP contribution is 2.47. The molecule has 6 heteroatoms. The lowest BCUT2D eigenvalue weighted by atomic mass is 9.86. The van der Waals surface area contributed by atoms with Gasteiger partial charge < -0.3 is 19.7 Å². The quantitative estimate of drug-likeness (QED) is 0.674. The third kappa shape index (κ3) is 4.84. The van der Waals surface area contributed by atoms with Crippen LogP contribution in [-0.4, -0.2) is 43.2 Å². The summed E-state index contributed by atoms with van der Waals surface area (Å²) in [5.74, 6) is 1.84. The molecule has 166 valence electrons. The Hall–Kier alpha value is -1.97. The van der Waals surface area contributed by atoms with Crippen LogP contribution >= 0.6 is 8.07 Å². The first-order valence-electron chi connectivity index (χ1n) is 10.0. The van der Waals surface area contributed by atoms with E-state index in [1.165, 1.54) is 0 Å². The van der Waals surface area contributed by atoms with Crippen molar-refractivity contribution in [3.8, 4) is 23.0 Å². The Balaban J connectivity index is 2.89. The number of rotatable bonds is 5. The fraction of sp³-hybridized carbons (Fsp3) is 0.500. The highest BCUT2D eigenvalue weighted by atomic mass is 31.1. The lowest BCUT2D eigenvalue weighted by Crippen LogP contribution is -2.27. The number of hydrogen-bond donors (Lipinski definition) is 2. The molecule has 0 aliphatic carbocycles. The molecule has 0 heterocycles. The molecule has 2 aromatic rings. The molecule has 2 aromatic carbocycles. The van der Waals surface area contributed by atoms with Crippen LogP contribution in [0.4, 0.5) is 0 Å². The summed E-state index contributed by atoms with van der Waals surface area (Å²) >= 11 is 0. The summed E-state index contributed by atoms with van der Waals surface area (Å²) in [5.41, 5.74) is 1.08. The number of phenols is 2. The van der Waals surface area contributed by atoms with Crippen LogP contribution in [-0.2, 0) is 10.8 Å². The Kier molecular flexibility index (Phi) is 7.00. The van der Waals surface area contributed by atoms with Crippen molar-refractivity contribution < 1.29 is 19.7 Å². The van der Waals surface area contributed by atoms with Crippen LogP contribution in [0.3, 0.4) is 0 Å². The Labute approximate surface area is 182 Å². The maximum Gasteiger partial charge on any atom is 0.128 e. The smallest absolute Gasteiger partial charge is 0.128 e. The molecule has 0 fully saturated rings. The highest BCUT2D eigenvalue weighted by molar-refractivity contribution is 7.71. The number of methoxy groups -OCH3 is 2. The predicted octanol–water partition coefficient (Wildman–Crippen LogP) is 4.62. The highest BCUT2D eigenvalue weighted by Gasteiger charge is 2.31. The zero-order chi connectivity index (χ0) is 23.0. The minimum Gasteiger partial charge on any atom is -0.507 e. The van der Waals surface area contributed by atoms with Gasteiger partial charge in [0.15, 0.2) is 0 Å². The van der Waals surface area contributed by atoms with Gasteiger partial charge in [0.2, 0.25) is 0 Å². The summed E-state index contributed by atoms with van der Waals surface area (Å²) in [6.07, 6.45) is 0. The van der Waals surface area contributed by atoms with Crippen molar-refractivity contribution >= 4 is 18.7 Å². The van der Waals surface area contributed by atoms with E-state index in [2.05, 4.69) is 41.5 Å². The number of aromatic hydroxyl groups is 2. The van der Waals surface area contributed by atoms with Crippen LogP contribution in [0, 0.1) is 0 Å². The minimum absolute atomic E-state index is 0.239. The van der Waals surface area contributed by atoms with Crippen molar-refractivity contribution in [3.63, 3.8) is 0 Å². The van der Waals surface area contributed by atoms with Gasteiger partial charge in [0, 0.05) is 29.8 Å². The molecular weight excluding hydrogens is 397 g/mol. The van der Waals surface area contributed by atoms with E-state index in [-0.39, 0.29) is 22.3 Å². The summed E-state index contributed by atoms with van der Waals surface area (Å²) in [7, 11) is 5.91. The number of phenolic OH excluding ortho intramolecular Hbond substituents is 2. The third-order valence-corrected chi connectivity index (χ3v) is 7.46. The molecule has 0 radical (unpaired) electrons. The number of nitrogens with zero attached hydrogens (tertiary/aromatic N) is 1. The Morgan fingerprint density at radius 1 is 0.700 bits per heavy atom. The van der Waals surface area contributed by atoms with E-state index in [1.54, 1.807) is 14.2 Å². The van der Waals surface area contributed by atoms with Gasteiger partial charge >= 0.3 is 0 Å². The van der Waals surface area contributed by atoms with E-state index in [4.69, 9.17) is 9.47 Å². The van der Waals surface area contributed by atoms with Gasteiger partial charge in [-0.3, -0.25) is 4.67 Å². The molecule has 0 bridgehead atoms. The maximum atomic E-state index is 11.3. The van der Waals surface area contributed by atoms with Crippen LogP contribution in [0.1, 0.15) is 52.7 Å². The monoisotopic (exact) mass is 433 g/mol. The second kappa shape index (κ2) is 8.64. The van der Waals surface area contributed by atoms with Gasteiger partial charge in [-0.05, 0) is 49.2 Å². The van der Waals surface area contributed by atoms with E-state index < -0.39 is 8.07 Å². The van der Waals surface area contributed by atoms with Crippen LogP contribution < -0.4 is 20.1 Å². The van der Waals surface area contributed by atoms with Crippen molar-refractivity contribution in [1.82, 2.24) is 4.67 Å². The first kappa shape index (κ1) is 24.3. The van der Waals surface area contributed by atoms with Gasteiger partial charge in [0.1, 0.15) is 23.0 Å². The molecule has 0 saturated carbocycles. The lowest BCUT2D eigenvalue weighted by molar-refractivity contribution is 0.406. The number of ether oxygens (including phenoxy) is 2. The molecule has 0 atom stereocenters. The number of hydrogen-bond acceptors (Lipinski definition) is 5. The first-order valence-corrected chi connectivity index (χ1v) is 11.3. The van der Waals surface area contributed by atoms with Crippen LogP contribution in [0.2, 0.25) is 0 Å². The fourth-order valence-electron chi connectivity index (χ4n) is 3.45. The van der Waals surface area contributed by atoms with Gasteiger partial charge in [0.05, 0.1) is 14.2 Å². The van der Waals surface area contributed by atoms with E-state index in [0.717, 1.165) is 21.7 Å². The SMILES string of the molecule is COc1cc(P(c2cc(OC)cc(C(C)(C)C)c2O)N(C)C)c(O)c(C(C)(C)C)c1. The molecule has 0 aromatic heterocycles. The second-order valence-corrected chi connectivity index (χ2v) is 12.1. The van der Waals surface area contributed by atoms with Crippen LogP contribution in [0.25, 0.3) is 0 Å². The Bertz CT molecular complexity index is 839. The van der Waals surface area contributed by atoms with Crippen molar-refractivity contribution in [1.29, 1.82) is 0 Å². The van der Waals surface area contributed by atoms with E-state index in [9.17, 15) is 10.2 Å². The third-order valence-electron chi connectivity index (χ3n) is 5.07. The van der Waals surface area contributed by atoms with Gasteiger partial charge in [-0.1, -0.05) is 41.5 Å². The second-order valence-electron chi connectivity index (χ2n) is 9.74. The molecule has 0 aliphatic rings. The molecule has 0 amide bonds. The largest absolute Gasteiger partial charge is 0.507 e. The predicted molar refractivity (Wildman–Crippen MR) is 127 cm³/mol. The minimum atomic E-state index is -1.25. The van der Waals surface area contributed by atoms with Crippen LogP contribution in [0.15, 0.2) is 24.3 Å². The van der Waals surface area contributed by atoms with Gasteiger partial charge in [-0.25, -0.2) is 0 Å². The normalized spacial score (nSPS) is 12.5. The molecule has 0 aliphatic heterocycles. The Morgan fingerprint density at radius 2 is 1.03 bits per heavy atom. The van der Waals surface area contributed by atoms with E-state index >= 15 is 0 Å². The molecule has 2 rings (SSSR count). The Morgan fingerprint density at radius 3 is 1.27 bits per heavy atom. The van der Waals surface area contributed by atoms with Gasteiger partial charge in [-0.2, -0.15) is 0 Å². The molecular formula is C24H36NO4P. The zero-order valence-corrected chi connectivity index (χ0v) is 20.8. The molecule has 0 saturated heterocycles. The van der Waals surface area contributed by atoms with Crippen LogP contribution in [0.5, 0.6) is 23.0 Å². The molecule has 0 unspecified atom stereocenters. The van der Waals surface area contributed by atoms with Crippen molar-refractivity contribution in [2.24, 2.45) is 0 Å². The van der Waals surface area contributed by atoms with Gasteiger partial charge in [0.25, 0.3) is 0 Å². The molecule has 30 heavy (non-hydrogen) atoms. The lowest BCUT2D eigenvalue weighted by Gasteiger charge is -2.32. The zero-order valence-electron chi connectivity index (χ0n) is 19.9. The molecule has 5 nitrogen and oxygen atoms in total. The summed E-state index contributed by atoms with van der Waals surface area (Å²) in [5, 5.41) is 24.1. The number of benzene rings is 2. The van der Waals surface area contributed by atoms with Gasteiger partial charge in [-0.15, -0.1) is 0 Å². The average Bonchev–Trinajstić information content (AvgIpc) is 2.62. The summed E-state index contributed by atoms with van der Waals surface area (Å²) in [6.45, 7) is 12.4. The van der Waals surface area contributed by atoms with E-state index in [1.807, 2.05) is 43.0 Å². The topological polar surface area (TPSA) is 62.2 Å². The first-order chi connectivity index (χ1) is 13.7. The van der Waals surface area contributed by atoms with Crippen molar-refractivity contribution in [2.75, 3.05) is 28.3 Å².